The molecule has 98 valence electrons. The highest BCUT2D eigenvalue weighted by Crippen LogP contribution is 2.28. The molecule has 1 aromatic carbocycles. The van der Waals surface area contributed by atoms with Gasteiger partial charge in [-0.3, -0.25) is 4.79 Å². The van der Waals surface area contributed by atoms with Crippen molar-refractivity contribution in [3.05, 3.63) is 47.5 Å². The highest BCUT2D eigenvalue weighted by molar-refractivity contribution is 5.71. The second kappa shape index (κ2) is 4.50. The van der Waals surface area contributed by atoms with Crippen molar-refractivity contribution in [1.29, 1.82) is 0 Å². The maximum Gasteiger partial charge on any atom is 0.306 e. The molecule has 1 aliphatic rings. The first-order valence-electron chi connectivity index (χ1n) is 6.20. The predicted octanol–water partition coefficient (Wildman–Crippen LogP) is 2.20. The second-order valence-electron chi connectivity index (χ2n) is 4.76. The Balaban J connectivity index is 2.00. The third kappa shape index (κ3) is 2.01. The minimum Gasteiger partial charge on any atom is -0.481 e. The van der Waals surface area contributed by atoms with Crippen LogP contribution in [0.4, 0.5) is 4.39 Å². The first-order chi connectivity index (χ1) is 9.16. The molecule has 0 aliphatic heterocycles. The van der Waals surface area contributed by atoms with E-state index in [0.29, 0.717) is 24.9 Å². The van der Waals surface area contributed by atoms with Gasteiger partial charge >= 0.3 is 5.97 Å². The van der Waals surface area contributed by atoms with E-state index >= 15 is 0 Å². The van der Waals surface area contributed by atoms with Crippen molar-refractivity contribution in [2.75, 3.05) is 0 Å². The Hall–Kier alpha value is -2.17. The predicted molar refractivity (Wildman–Crippen MR) is 66.7 cm³/mol. The van der Waals surface area contributed by atoms with Crippen LogP contribution in [-0.4, -0.2) is 20.9 Å². The maximum absolute atomic E-state index is 13.8. The molecule has 0 bridgehead atoms. The van der Waals surface area contributed by atoms with Gasteiger partial charge in [0.25, 0.3) is 0 Å². The largest absolute Gasteiger partial charge is 0.481 e. The van der Waals surface area contributed by atoms with Crippen molar-refractivity contribution in [3.8, 4) is 5.69 Å². The van der Waals surface area contributed by atoms with E-state index in [1.54, 1.807) is 29.1 Å². The van der Waals surface area contributed by atoms with Crippen LogP contribution in [0.25, 0.3) is 5.69 Å². The Kier molecular flexibility index (Phi) is 2.81. The Morgan fingerprint density at radius 3 is 2.95 bits per heavy atom. The van der Waals surface area contributed by atoms with Crippen LogP contribution in [0.5, 0.6) is 0 Å². The summed E-state index contributed by atoms with van der Waals surface area (Å²) in [4.78, 5) is 11.0. The number of aliphatic carboxylic acids is 1. The molecule has 0 fully saturated rings. The molecular formula is C14H13FN2O2. The topological polar surface area (TPSA) is 55.1 Å². The molecule has 1 aromatic heterocycles. The van der Waals surface area contributed by atoms with E-state index in [1.165, 1.54) is 6.07 Å². The van der Waals surface area contributed by atoms with Crippen LogP contribution in [0.2, 0.25) is 0 Å². The van der Waals surface area contributed by atoms with Crippen molar-refractivity contribution in [2.45, 2.75) is 19.3 Å². The summed E-state index contributed by atoms with van der Waals surface area (Å²) in [6.45, 7) is 0. The highest BCUT2D eigenvalue weighted by Gasteiger charge is 2.27. The number of benzene rings is 1. The van der Waals surface area contributed by atoms with Crippen molar-refractivity contribution in [3.63, 3.8) is 0 Å². The van der Waals surface area contributed by atoms with Crippen LogP contribution in [-0.2, 0) is 17.6 Å². The lowest BCUT2D eigenvalue weighted by molar-refractivity contribution is -0.142. The fourth-order valence-corrected chi connectivity index (χ4v) is 2.56. The molecule has 1 N–H and O–H groups in total. The minimum atomic E-state index is -0.774. The van der Waals surface area contributed by atoms with Gasteiger partial charge in [-0.2, -0.15) is 5.10 Å². The normalized spacial score (nSPS) is 18.1. The zero-order valence-electron chi connectivity index (χ0n) is 10.2. The average Bonchev–Trinajstić information content (AvgIpc) is 2.82. The third-order valence-electron chi connectivity index (χ3n) is 3.58. The number of carboxylic acids is 1. The lowest BCUT2D eigenvalue weighted by Crippen LogP contribution is -2.22. The molecule has 19 heavy (non-hydrogen) atoms. The Morgan fingerprint density at radius 2 is 2.21 bits per heavy atom. The summed E-state index contributed by atoms with van der Waals surface area (Å²) in [5.74, 6) is -1.45. The molecule has 1 aliphatic carbocycles. The summed E-state index contributed by atoms with van der Waals surface area (Å²) in [6, 6.07) is 6.46. The molecule has 0 spiro atoms. The molecule has 4 nitrogen and oxygen atoms in total. The van der Waals surface area contributed by atoms with E-state index in [0.717, 1.165) is 11.3 Å². The van der Waals surface area contributed by atoms with Crippen molar-refractivity contribution < 1.29 is 14.3 Å². The lowest BCUT2D eigenvalue weighted by atomic mass is 9.88. The molecule has 1 heterocycles. The molecule has 0 saturated carbocycles. The van der Waals surface area contributed by atoms with E-state index in [-0.39, 0.29) is 11.7 Å². The van der Waals surface area contributed by atoms with Crippen LogP contribution in [0, 0.1) is 11.7 Å². The van der Waals surface area contributed by atoms with Crippen molar-refractivity contribution in [1.82, 2.24) is 9.78 Å². The van der Waals surface area contributed by atoms with Gasteiger partial charge in [0.15, 0.2) is 0 Å². The average molecular weight is 260 g/mol. The molecule has 1 atom stereocenters. The number of fused-ring (bicyclic) bond motifs is 1. The summed E-state index contributed by atoms with van der Waals surface area (Å²) in [7, 11) is 0. The molecular weight excluding hydrogens is 247 g/mol. The number of rotatable bonds is 2. The summed E-state index contributed by atoms with van der Waals surface area (Å²) < 4.78 is 15.4. The zero-order chi connectivity index (χ0) is 13.4. The van der Waals surface area contributed by atoms with Gasteiger partial charge in [-0.15, -0.1) is 0 Å². The monoisotopic (exact) mass is 260 g/mol. The number of carboxylic acid groups (broad SMARTS) is 1. The van der Waals surface area contributed by atoms with Crippen LogP contribution in [0.1, 0.15) is 17.7 Å². The van der Waals surface area contributed by atoms with E-state index < -0.39 is 5.97 Å². The molecule has 0 saturated heterocycles. The maximum atomic E-state index is 13.8. The van der Waals surface area contributed by atoms with E-state index in [4.69, 9.17) is 5.11 Å². The van der Waals surface area contributed by atoms with Gasteiger partial charge in [0, 0.05) is 5.69 Å². The van der Waals surface area contributed by atoms with E-state index in [9.17, 15) is 9.18 Å². The summed E-state index contributed by atoms with van der Waals surface area (Å²) in [6.07, 6.45) is 3.30. The minimum absolute atomic E-state index is 0.325. The first-order valence-corrected chi connectivity index (χ1v) is 6.20. The summed E-state index contributed by atoms with van der Waals surface area (Å²) in [5, 5.41) is 13.3. The van der Waals surface area contributed by atoms with Gasteiger partial charge in [0.1, 0.15) is 11.5 Å². The van der Waals surface area contributed by atoms with Crippen molar-refractivity contribution >= 4 is 5.97 Å². The van der Waals surface area contributed by atoms with Gasteiger partial charge in [0.2, 0.25) is 0 Å². The van der Waals surface area contributed by atoms with Crippen LogP contribution < -0.4 is 0 Å². The van der Waals surface area contributed by atoms with Gasteiger partial charge in [0.05, 0.1) is 12.1 Å². The Bertz CT molecular complexity index is 636. The molecule has 0 radical (unpaired) electrons. The second-order valence-corrected chi connectivity index (χ2v) is 4.76. The number of hydrogen-bond acceptors (Lipinski definition) is 2. The Labute approximate surface area is 109 Å². The fraction of sp³-hybridized carbons (Fsp3) is 0.286. The molecule has 3 rings (SSSR count). The smallest absolute Gasteiger partial charge is 0.306 e. The Morgan fingerprint density at radius 1 is 1.42 bits per heavy atom. The van der Waals surface area contributed by atoms with E-state index in [2.05, 4.69) is 5.10 Å². The summed E-state index contributed by atoms with van der Waals surface area (Å²) >= 11 is 0. The molecule has 2 aromatic rings. The van der Waals surface area contributed by atoms with Crippen LogP contribution in [0.3, 0.4) is 0 Å². The SMILES string of the molecule is O=C(O)C1CCc2c(cnn2-c2ccccc2F)C1. The van der Waals surface area contributed by atoms with Crippen LogP contribution in [0.15, 0.2) is 30.5 Å². The number of aromatic nitrogens is 2. The molecule has 1 unspecified atom stereocenters. The standard InChI is InChI=1S/C14H13FN2O2/c15-11-3-1-2-4-13(11)17-12-6-5-9(14(18)19)7-10(12)8-16-17/h1-4,8-9H,5-7H2,(H,18,19). The summed E-state index contributed by atoms with van der Waals surface area (Å²) in [5.41, 5.74) is 2.24. The number of para-hydroxylation sites is 1. The third-order valence-corrected chi connectivity index (χ3v) is 3.58. The van der Waals surface area contributed by atoms with E-state index in [1.807, 2.05) is 0 Å². The molecule has 5 heteroatoms. The van der Waals surface area contributed by atoms with Gasteiger partial charge in [-0.25, -0.2) is 9.07 Å². The quantitative estimate of drug-likeness (QED) is 0.900. The van der Waals surface area contributed by atoms with Crippen molar-refractivity contribution in [2.24, 2.45) is 5.92 Å². The molecule has 0 amide bonds. The van der Waals surface area contributed by atoms with Gasteiger partial charge in [-0.05, 0) is 37.0 Å². The van der Waals surface area contributed by atoms with Gasteiger partial charge in [-0.1, -0.05) is 12.1 Å². The fourth-order valence-electron chi connectivity index (χ4n) is 2.56. The number of halogens is 1. The van der Waals surface area contributed by atoms with Crippen LogP contribution >= 0.6 is 0 Å². The lowest BCUT2D eigenvalue weighted by Gasteiger charge is -2.19. The number of nitrogens with zero attached hydrogens (tertiary/aromatic N) is 2. The highest BCUT2D eigenvalue weighted by atomic mass is 19.1. The number of hydrogen-bond donors (Lipinski definition) is 1. The zero-order valence-corrected chi connectivity index (χ0v) is 10.2. The van der Waals surface area contributed by atoms with Gasteiger partial charge < -0.3 is 5.11 Å². The number of carbonyl (C=O) groups is 1. The first kappa shape index (κ1) is 11.9.